The lowest BCUT2D eigenvalue weighted by Crippen LogP contribution is -2.43. The van der Waals surface area contributed by atoms with Crippen molar-refractivity contribution in [2.45, 2.75) is 25.7 Å². The number of rotatable bonds is 2. The Hall–Kier alpha value is -1.47. The van der Waals surface area contributed by atoms with Crippen LogP contribution in [0.1, 0.15) is 25.7 Å². The minimum absolute atomic E-state index is 0.0584. The smallest absolute Gasteiger partial charge is 0.323 e. The van der Waals surface area contributed by atoms with Gasteiger partial charge in [-0.05, 0) is 71.3 Å². The second kappa shape index (κ2) is 5.87. The molecule has 23 heavy (non-hydrogen) atoms. The molecule has 7 heteroatoms. The van der Waals surface area contributed by atoms with Crippen LogP contribution < -0.4 is 5.32 Å². The first kappa shape index (κ1) is 15.1. The van der Waals surface area contributed by atoms with Gasteiger partial charge in [0.15, 0.2) is 5.82 Å². The van der Waals surface area contributed by atoms with E-state index in [1.807, 2.05) is 29.2 Å². The maximum atomic E-state index is 12.4. The molecule has 2 fully saturated rings. The van der Waals surface area contributed by atoms with Crippen molar-refractivity contribution in [1.29, 1.82) is 0 Å². The van der Waals surface area contributed by atoms with Crippen molar-refractivity contribution < 1.29 is 4.79 Å². The van der Waals surface area contributed by atoms with E-state index in [0.29, 0.717) is 11.2 Å². The summed E-state index contributed by atoms with van der Waals surface area (Å²) in [6, 6.07) is 7.63. The zero-order chi connectivity index (χ0) is 15.9. The monoisotopic (exact) mass is 392 g/mol. The predicted molar refractivity (Wildman–Crippen MR) is 94.5 cm³/mol. The Bertz CT molecular complexity index is 726. The standard InChI is InChI=1S/C16H17BrN4OS/c17-13-4-3-12(23-13)11-2-5-14(20-19-11)18-15(22)21-9-1-6-16(10-21)7-8-16/h2-5H,1,6-10H2,(H,18,20,22). The van der Waals surface area contributed by atoms with Gasteiger partial charge < -0.3 is 4.90 Å². The summed E-state index contributed by atoms with van der Waals surface area (Å²) in [7, 11) is 0. The summed E-state index contributed by atoms with van der Waals surface area (Å²) >= 11 is 5.05. The Morgan fingerprint density at radius 3 is 2.74 bits per heavy atom. The first-order valence-electron chi connectivity index (χ1n) is 7.79. The van der Waals surface area contributed by atoms with Crippen molar-refractivity contribution in [2.75, 3.05) is 18.4 Å². The average Bonchev–Trinajstić information content (AvgIpc) is 3.15. The van der Waals surface area contributed by atoms with Crippen LogP contribution >= 0.6 is 27.3 Å². The van der Waals surface area contributed by atoms with Crippen LogP contribution in [-0.4, -0.2) is 34.2 Å². The number of carbonyl (C=O) groups is 1. The SMILES string of the molecule is O=C(Nc1ccc(-c2ccc(Br)s2)nn1)N1CCCC2(CC2)C1. The maximum absolute atomic E-state index is 12.4. The van der Waals surface area contributed by atoms with E-state index in [-0.39, 0.29) is 6.03 Å². The van der Waals surface area contributed by atoms with Gasteiger partial charge in [0.05, 0.1) is 8.66 Å². The molecule has 0 unspecified atom stereocenters. The van der Waals surface area contributed by atoms with Crippen molar-refractivity contribution >= 4 is 39.1 Å². The van der Waals surface area contributed by atoms with Gasteiger partial charge in [0.25, 0.3) is 0 Å². The highest BCUT2D eigenvalue weighted by Crippen LogP contribution is 2.52. The minimum Gasteiger partial charge on any atom is -0.324 e. The molecule has 4 rings (SSSR count). The maximum Gasteiger partial charge on any atom is 0.323 e. The number of carbonyl (C=O) groups excluding carboxylic acids is 1. The number of halogens is 1. The number of amides is 2. The van der Waals surface area contributed by atoms with Gasteiger partial charge in [-0.1, -0.05) is 0 Å². The van der Waals surface area contributed by atoms with Crippen molar-refractivity contribution in [3.63, 3.8) is 0 Å². The van der Waals surface area contributed by atoms with Crippen LogP contribution in [0.5, 0.6) is 0 Å². The zero-order valence-corrected chi connectivity index (χ0v) is 15.0. The van der Waals surface area contributed by atoms with Crippen LogP contribution in [0.2, 0.25) is 0 Å². The fraction of sp³-hybridized carbons (Fsp3) is 0.438. The fourth-order valence-corrected chi connectivity index (χ4v) is 4.49. The van der Waals surface area contributed by atoms with Crippen LogP contribution in [0.4, 0.5) is 10.6 Å². The Morgan fingerprint density at radius 2 is 2.09 bits per heavy atom. The summed E-state index contributed by atoms with van der Waals surface area (Å²) in [6.45, 7) is 1.72. The summed E-state index contributed by atoms with van der Waals surface area (Å²) < 4.78 is 1.06. The molecule has 2 amide bonds. The molecule has 1 saturated carbocycles. The number of aromatic nitrogens is 2. The fourth-order valence-electron chi connectivity index (χ4n) is 3.14. The third-order valence-electron chi connectivity index (χ3n) is 4.63. The summed E-state index contributed by atoms with van der Waals surface area (Å²) in [5, 5.41) is 11.2. The molecule has 1 aliphatic heterocycles. The van der Waals surface area contributed by atoms with E-state index in [1.54, 1.807) is 11.3 Å². The number of thiophene rings is 1. The van der Waals surface area contributed by atoms with Gasteiger partial charge in [0, 0.05) is 13.1 Å². The Balaban J connectivity index is 1.41. The van der Waals surface area contributed by atoms with Gasteiger partial charge in [-0.25, -0.2) is 4.79 Å². The highest BCUT2D eigenvalue weighted by molar-refractivity contribution is 9.11. The van der Waals surface area contributed by atoms with E-state index >= 15 is 0 Å². The molecule has 120 valence electrons. The summed E-state index contributed by atoms with van der Waals surface area (Å²) in [5.74, 6) is 0.504. The predicted octanol–water partition coefficient (Wildman–Crippen LogP) is 4.38. The zero-order valence-electron chi connectivity index (χ0n) is 12.6. The molecular formula is C16H17BrN4OS. The number of nitrogens with one attached hydrogen (secondary N) is 1. The lowest BCUT2D eigenvalue weighted by Gasteiger charge is -2.32. The van der Waals surface area contributed by atoms with E-state index in [4.69, 9.17) is 0 Å². The van der Waals surface area contributed by atoms with Gasteiger partial charge in [0.1, 0.15) is 5.69 Å². The normalized spacial score (nSPS) is 18.9. The van der Waals surface area contributed by atoms with Gasteiger partial charge in [-0.15, -0.1) is 21.5 Å². The molecule has 1 N–H and O–H groups in total. The average molecular weight is 393 g/mol. The van der Waals surface area contributed by atoms with Crippen molar-refractivity contribution in [2.24, 2.45) is 5.41 Å². The number of hydrogen-bond donors (Lipinski definition) is 1. The summed E-state index contributed by atoms with van der Waals surface area (Å²) in [5.41, 5.74) is 1.24. The molecule has 3 heterocycles. The van der Waals surface area contributed by atoms with E-state index in [1.165, 1.54) is 19.3 Å². The molecule has 1 spiro atoms. The van der Waals surface area contributed by atoms with E-state index in [2.05, 4.69) is 31.4 Å². The van der Waals surface area contributed by atoms with Crippen LogP contribution in [-0.2, 0) is 0 Å². The Morgan fingerprint density at radius 1 is 1.22 bits per heavy atom. The van der Waals surface area contributed by atoms with Crippen LogP contribution in [0.25, 0.3) is 10.6 Å². The number of urea groups is 1. The van der Waals surface area contributed by atoms with E-state index < -0.39 is 0 Å². The van der Waals surface area contributed by atoms with Gasteiger partial charge in [-0.3, -0.25) is 5.32 Å². The molecule has 2 aromatic rings. The van der Waals surface area contributed by atoms with Crippen molar-refractivity contribution in [1.82, 2.24) is 15.1 Å². The number of nitrogens with zero attached hydrogens (tertiary/aromatic N) is 3. The molecule has 2 aliphatic rings. The van der Waals surface area contributed by atoms with Crippen LogP contribution in [0.15, 0.2) is 28.1 Å². The summed E-state index contributed by atoms with van der Waals surface area (Å²) in [6.07, 6.45) is 4.90. The second-order valence-electron chi connectivity index (χ2n) is 6.36. The van der Waals surface area contributed by atoms with Crippen molar-refractivity contribution in [3.05, 3.63) is 28.1 Å². The number of likely N-dealkylation sites (tertiary alicyclic amines) is 1. The first-order valence-corrected chi connectivity index (χ1v) is 9.40. The topological polar surface area (TPSA) is 58.1 Å². The molecule has 5 nitrogen and oxygen atoms in total. The lowest BCUT2D eigenvalue weighted by molar-refractivity contribution is 0.169. The Kier molecular flexibility index (Phi) is 3.85. The van der Waals surface area contributed by atoms with Gasteiger partial charge in [0.2, 0.25) is 0 Å². The van der Waals surface area contributed by atoms with Crippen LogP contribution in [0.3, 0.4) is 0 Å². The third-order valence-corrected chi connectivity index (χ3v) is 6.28. The molecule has 2 aromatic heterocycles. The van der Waals surface area contributed by atoms with Gasteiger partial charge >= 0.3 is 6.03 Å². The molecule has 0 bridgehead atoms. The molecule has 0 atom stereocenters. The largest absolute Gasteiger partial charge is 0.324 e. The minimum atomic E-state index is -0.0584. The molecule has 0 aromatic carbocycles. The third kappa shape index (κ3) is 3.26. The Labute approximate surface area is 147 Å². The highest BCUT2D eigenvalue weighted by atomic mass is 79.9. The molecule has 1 aliphatic carbocycles. The number of hydrogen-bond acceptors (Lipinski definition) is 4. The van der Waals surface area contributed by atoms with Crippen LogP contribution in [0, 0.1) is 5.41 Å². The van der Waals surface area contributed by atoms with E-state index in [9.17, 15) is 4.79 Å². The van der Waals surface area contributed by atoms with Gasteiger partial charge in [-0.2, -0.15) is 0 Å². The molecule has 0 radical (unpaired) electrons. The first-order chi connectivity index (χ1) is 11.1. The molecule has 1 saturated heterocycles. The quantitative estimate of drug-likeness (QED) is 0.824. The highest BCUT2D eigenvalue weighted by Gasteiger charge is 2.46. The van der Waals surface area contributed by atoms with E-state index in [0.717, 1.165) is 33.9 Å². The molecular weight excluding hydrogens is 376 g/mol. The number of piperidine rings is 1. The lowest BCUT2D eigenvalue weighted by atomic mass is 9.95. The summed E-state index contributed by atoms with van der Waals surface area (Å²) in [4.78, 5) is 15.4. The van der Waals surface area contributed by atoms with Crippen molar-refractivity contribution in [3.8, 4) is 10.6 Å². The number of anilines is 1. The second-order valence-corrected chi connectivity index (χ2v) is 8.83.